The van der Waals surface area contributed by atoms with E-state index in [2.05, 4.69) is 0 Å². The standard InChI is InChI=1S/C7H14F2O/c1-3-4-10-5-6(2)7(8)9/h6-7H,3-5H2,1-2H3. The van der Waals surface area contributed by atoms with Gasteiger partial charge in [0, 0.05) is 12.5 Å². The summed E-state index contributed by atoms with van der Waals surface area (Å²) in [5.41, 5.74) is 0. The molecular weight excluding hydrogens is 138 g/mol. The van der Waals surface area contributed by atoms with Crippen molar-refractivity contribution in [2.24, 2.45) is 5.92 Å². The third kappa shape index (κ3) is 4.68. The van der Waals surface area contributed by atoms with E-state index >= 15 is 0 Å². The summed E-state index contributed by atoms with van der Waals surface area (Å²) in [7, 11) is 0. The van der Waals surface area contributed by atoms with Gasteiger partial charge in [0.25, 0.3) is 0 Å². The summed E-state index contributed by atoms with van der Waals surface area (Å²) < 4.78 is 28.5. The molecule has 1 atom stereocenters. The monoisotopic (exact) mass is 152 g/mol. The van der Waals surface area contributed by atoms with E-state index in [0.717, 1.165) is 6.42 Å². The zero-order valence-corrected chi connectivity index (χ0v) is 6.44. The highest BCUT2D eigenvalue weighted by Gasteiger charge is 2.13. The molecule has 62 valence electrons. The third-order valence-electron chi connectivity index (χ3n) is 1.16. The molecule has 0 radical (unpaired) electrons. The Hall–Kier alpha value is -0.180. The fourth-order valence-electron chi connectivity index (χ4n) is 0.486. The Labute approximate surface area is 60.4 Å². The summed E-state index contributed by atoms with van der Waals surface area (Å²) in [6.45, 7) is 4.19. The molecule has 0 aliphatic rings. The Kier molecular flexibility index (Phi) is 5.49. The van der Waals surface area contributed by atoms with E-state index in [0.29, 0.717) is 6.61 Å². The van der Waals surface area contributed by atoms with E-state index < -0.39 is 12.3 Å². The number of alkyl halides is 2. The van der Waals surface area contributed by atoms with Gasteiger partial charge < -0.3 is 4.74 Å². The molecule has 0 fully saturated rings. The van der Waals surface area contributed by atoms with E-state index in [1.54, 1.807) is 0 Å². The van der Waals surface area contributed by atoms with Crippen LogP contribution in [0.25, 0.3) is 0 Å². The van der Waals surface area contributed by atoms with Crippen molar-refractivity contribution in [1.29, 1.82) is 0 Å². The number of rotatable bonds is 5. The van der Waals surface area contributed by atoms with Crippen molar-refractivity contribution in [3.8, 4) is 0 Å². The molecule has 10 heavy (non-hydrogen) atoms. The van der Waals surface area contributed by atoms with Gasteiger partial charge in [-0.05, 0) is 6.42 Å². The lowest BCUT2D eigenvalue weighted by molar-refractivity contribution is 0.0179. The van der Waals surface area contributed by atoms with E-state index in [4.69, 9.17) is 4.74 Å². The molecule has 0 spiro atoms. The highest BCUT2D eigenvalue weighted by molar-refractivity contribution is 4.51. The first-order valence-electron chi connectivity index (χ1n) is 3.54. The molecule has 3 heteroatoms. The largest absolute Gasteiger partial charge is 0.381 e. The first-order valence-corrected chi connectivity index (χ1v) is 3.54. The van der Waals surface area contributed by atoms with Crippen LogP contribution in [0.5, 0.6) is 0 Å². The van der Waals surface area contributed by atoms with Crippen molar-refractivity contribution in [2.75, 3.05) is 13.2 Å². The van der Waals surface area contributed by atoms with Crippen LogP contribution < -0.4 is 0 Å². The minimum Gasteiger partial charge on any atom is -0.381 e. The van der Waals surface area contributed by atoms with Crippen LogP contribution in [0, 0.1) is 5.92 Å². The van der Waals surface area contributed by atoms with Crippen molar-refractivity contribution in [2.45, 2.75) is 26.7 Å². The third-order valence-corrected chi connectivity index (χ3v) is 1.16. The fourth-order valence-corrected chi connectivity index (χ4v) is 0.486. The summed E-state index contributed by atoms with van der Waals surface area (Å²) in [6, 6.07) is 0. The Morgan fingerprint density at radius 2 is 2.00 bits per heavy atom. The highest BCUT2D eigenvalue weighted by atomic mass is 19.3. The maximum atomic E-state index is 11.8. The zero-order valence-electron chi connectivity index (χ0n) is 6.44. The highest BCUT2D eigenvalue weighted by Crippen LogP contribution is 2.08. The molecule has 0 aliphatic carbocycles. The molecule has 0 aromatic heterocycles. The van der Waals surface area contributed by atoms with Crippen LogP contribution in [-0.2, 0) is 4.74 Å². The van der Waals surface area contributed by atoms with E-state index in [1.165, 1.54) is 6.92 Å². The Morgan fingerprint density at radius 1 is 1.40 bits per heavy atom. The lowest BCUT2D eigenvalue weighted by Crippen LogP contribution is -2.14. The van der Waals surface area contributed by atoms with Crippen LogP contribution in [0.3, 0.4) is 0 Å². The Morgan fingerprint density at radius 3 is 2.40 bits per heavy atom. The summed E-state index contributed by atoms with van der Waals surface area (Å²) in [5.74, 6) is -0.633. The van der Waals surface area contributed by atoms with Crippen LogP contribution in [0.4, 0.5) is 8.78 Å². The average Bonchev–Trinajstić information content (AvgIpc) is 1.88. The van der Waals surface area contributed by atoms with Crippen LogP contribution in [-0.4, -0.2) is 19.6 Å². The first-order chi connectivity index (χ1) is 4.68. The molecule has 0 aromatic rings. The predicted molar refractivity (Wildman–Crippen MR) is 36.3 cm³/mol. The Bertz CT molecular complexity index is 76.0. The van der Waals surface area contributed by atoms with Crippen molar-refractivity contribution < 1.29 is 13.5 Å². The van der Waals surface area contributed by atoms with Gasteiger partial charge >= 0.3 is 0 Å². The molecule has 0 N–H and O–H groups in total. The van der Waals surface area contributed by atoms with Crippen LogP contribution in [0.1, 0.15) is 20.3 Å². The summed E-state index contributed by atoms with van der Waals surface area (Å²) in [6.07, 6.45) is -1.37. The molecule has 0 amide bonds. The molecule has 0 rings (SSSR count). The number of hydrogen-bond acceptors (Lipinski definition) is 1. The summed E-state index contributed by atoms with van der Waals surface area (Å²) in [5, 5.41) is 0. The summed E-state index contributed by atoms with van der Waals surface area (Å²) in [4.78, 5) is 0. The molecule has 0 saturated carbocycles. The van der Waals surface area contributed by atoms with Crippen LogP contribution >= 0.6 is 0 Å². The maximum Gasteiger partial charge on any atom is 0.243 e. The molecule has 1 unspecified atom stereocenters. The van der Waals surface area contributed by atoms with Crippen LogP contribution in [0.2, 0.25) is 0 Å². The van der Waals surface area contributed by atoms with Gasteiger partial charge in [-0.3, -0.25) is 0 Å². The second-order valence-electron chi connectivity index (χ2n) is 2.39. The van der Waals surface area contributed by atoms with E-state index in [-0.39, 0.29) is 6.61 Å². The van der Waals surface area contributed by atoms with Crippen molar-refractivity contribution in [3.63, 3.8) is 0 Å². The molecule has 0 aromatic carbocycles. The molecular formula is C7H14F2O. The molecule has 0 saturated heterocycles. The van der Waals surface area contributed by atoms with Gasteiger partial charge in [0.15, 0.2) is 0 Å². The first kappa shape index (κ1) is 9.82. The van der Waals surface area contributed by atoms with Crippen molar-refractivity contribution in [1.82, 2.24) is 0 Å². The van der Waals surface area contributed by atoms with Gasteiger partial charge in [0.1, 0.15) is 0 Å². The zero-order chi connectivity index (χ0) is 7.98. The van der Waals surface area contributed by atoms with Gasteiger partial charge in [-0.1, -0.05) is 13.8 Å². The van der Waals surface area contributed by atoms with E-state index in [9.17, 15) is 8.78 Å². The number of halogens is 2. The molecule has 0 aliphatic heterocycles. The SMILES string of the molecule is CCCOCC(C)C(F)F. The molecule has 1 nitrogen and oxygen atoms in total. The topological polar surface area (TPSA) is 9.23 Å². The normalized spacial score (nSPS) is 14.1. The van der Waals surface area contributed by atoms with Crippen molar-refractivity contribution >= 4 is 0 Å². The lowest BCUT2D eigenvalue weighted by atomic mass is 10.2. The molecule has 0 bridgehead atoms. The van der Waals surface area contributed by atoms with Crippen LogP contribution in [0.15, 0.2) is 0 Å². The van der Waals surface area contributed by atoms with Crippen molar-refractivity contribution in [3.05, 3.63) is 0 Å². The van der Waals surface area contributed by atoms with Gasteiger partial charge in [0.2, 0.25) is 6.43 Å². The second kappa shape index (κ2) is 5.59. The smallest absolute Gasteiger partial charge is 0.243 e. The van der Waals surface area contributed by atoms with Gasteiger partial charge in [-0.25, -0.2) is 8.78 Å². The fraction of sp³-hybridized carbons (Fsp3) is 1.00. The minimum atomic E-state index is -2.25. The van der Waals surface area contributed by atoms with E-state index in [1.807, 2.05) is 6.92 Å². The van der Waals surface area contributed by atoms with Gasteiger partial charge in [0.05, 0.1) is 6.61 Å². The average molecular weight is 152 g/mol. The minimum absolute atomic E-state index is 0.172. The molecule has 0 heterocycles. The van der Waals surface area contributed by atoms with Gasteiger partial charge in [-0.2, -0.15) is 0 Å². The predicted octanol–water partition coefficient (Wildman–Crippen LogP) is 2.31. The summed E-state index contributed by atoms with van der Waals surface area (Å²) >= 11 is 0. The van der Waals surface area contributed by atoms with Gasteiger partial charge in [-0.15, -0.1) is 0 Å². The number of ether oxygens (including phenoxy) is 1. The Balaban J connectivity index is 3.13. The maximum absolute atomic E-state index is 11.8. The quantitative estimate of drug-likeness (QED) is 0.549. The lowest BCUT2D eigenvalue weighted by Gasteiger charge is -2.09. The number of hydrogen-bond donors (Lipinski definition) is 0. The second-order valence-corrected chi connectivity index (χ2v) is 2.39.